The van der Waals surface area contributed by atoms with E-state index in [1.54, 1.807) is 6.07 Å². The lowest BCUT2D eigenvalue weighted by Crippen LogP contribution is -2.21. The summed E-state index contributed by atoms with van der Waals surface area (Å²) >= 11 is 6.02. The van der Waals surface area contributed by atoms with Crippen molar-refractivity contribution in [2.24, 2.45) is 0 Å². The molecule has 0 saturated heterocycles. The van der Waals surface area contributed by atoms with E-state index < -0.39 is 10.8 Å². The molecule has 0 aliphatic heterocycles. The summed E-state index contributed by atoms with van der Waals surface area (Å²) in [6.07, 6.45) is 0. The zero-order valence-electron chi connectivity index (χ0n) is 17.1. The van der Waals surface area contributed by atoms with Crippen LogP contribution in [0.3, 0.4) is 0 Å². The van der Waals surface area contributed by atoms with Gasteiger partial charge in [-0.1, -0.05) is 11.6 Å². The molecule has 0 unspecified atom stereocenters. The number of hydrogen-bond donors (Lipinski definition) is 1. The first-order valence-corrected chi connectivity index (χ1v) is 10.1. The molecular weight excluding hydrogens is 422 g/mol. The molecular formula is C22H22ClN3O5. The average molecular weight is 444 g/mol. The van der Waals surface area contributed by atoms with Gasteiger partial charge in [0.2, 0.25) is 0 Å². The van der Waals surface area contributed by atoms with Gasteiger partial charge in [0.25, 0.3) is 11.6 Å². The van der Waals surface area contributed by atoms with E-state index in [-0.39, 0.29) is 28.8 Å². The molecule has 0 aliphatic rings. The van der Waals surface area contributed by atoms with E-state index in [4.69, 9.17) is 20.8 Å². The topological polar surface area (TPSA) is 97.9 Å². The highest BCUT2D eigenvalue weighted by Gasteiger charge is 2.14. The highest BCUT2D eigenvalue weighted by Crippen LogP contribution is 2.29. The molecule has 0 atom stereocenters. The lowest BCUT2D eigenvalue weighted by atomic mass is 10.2. The number of hydrogen-bond acceptors (Lipinski definition) is 6. The maximum absolute atomic E-state index is 12.5. The molecule has 8 nitrogen and oxygen atoms in total. The summed E-state index contributed by atoms with van der Waals surface area (Å²) in [6, 6.07) is 14.6. The van der Waals surface area contributed by atoms with Gasteiger partial charge in [0.05, 0.1) is 16.0 Å². The van der Waals surface area contributed by atoms with Crippen molar-refractivity contribution in [2.45, 2.75) is 20.5 Å². The van der Waals surface area contributed by atoms with Crippen LogP contribution in [-0.4, -0.2) is 23.9 Å². The number of furan rings is 1. The summed E-state index contributed by atoms with van der Waals surface area (Å²) in [4.78, 5) is 25.0. The molecule has 0 radical (unpaired) electrons. The molecule has 162 valence electrons. The summed E-state index contributed by atoms with van der Waals surface area (Å²) in [7, 11) is 0. The normalized spacial score (nSPS) is 10.5. The van der Waals surface area contributed by atoms with Crippen LogP contribution in [0.25, 0.3) is 0 Å². The number of anilines is 2. The Morgan fingerprint density at radius 1 is 1.13 bits per heavy atom. The van der Waals surface area contributed by atoms with E-state index in [2.05, 4.69) is 24.1 Å². The highest BCUT2D eigenvalue weighted by molar-refractivity contribution is 6.32. The van der Waals surface area contributed by atoms with Gasteiger partial charge in [-0.2, -0.15) is 0 Å². The molecule has 3 rings (SSSR count). The predicted octanol–water partition coefficient (Wildman–Crippen LogP) is 5.52. The molecule has 1 heterocycles. The number of nitro groups is 1. The largest absolute Gasteiger partial charge is 0.484 e. The van der Waals surface area contributed by atoms with Gasteiger partial charge >= 0.3 is 0 Å². The number of nitrogens with one attached hydrogen (secondary N) is 1. The molecule has 0 fully saturated rings. The van der Waals surface area contributed by atoms with Crippen molar-refractivity contribution in [3.63, 3.8) is 0 Å². The second kappa shape index (κ2) is 9.99. The third-order valence-corrected chi connectivity index (χ3v) is 4.95. The summed E-state index contributed by atoms with van der Waals surface area (Å²) in [6.45, 7) is 5.95. The minimum atomic E-state index is -0.535. The number of nitrogens with zero attached hydrogens (tertiary/aromatic N) is 2. The van der Waals surface area contributed by atoms with Crippen LogP contribution in [0.2, 0.25) is 5.02 Å². The van der Waals surface area contributed by atoms with Crippen LogP contribution < -0.4 is 15.0 Å². The van der Waals surface area contributed by atoms with Gasteiger partial charge in [-0.15, -0.1) is 0 Å². The number of carbonyl (C=O) groups excluding carboxylic acids is 1. The van der Waals surface area contributed by atoms with Crippen molar-refractivity contribution >= 4 is 34.6 Å². The molecule has 0 aliphatic carbocycles. The number of non-ortho nitro benzene ring substituents is 1. The lowest BCUT2D eigenvalue weighted by Gasteiger charge is -2.21. The predicted molar refractivity (Wildman–Crippen MR) is 119 cm³/mol. The standard InChI is InChI=1S/C22H22ClN3O5/c1-3-25(4-2)16-7-5-15(6-8-16)24-22(27)20-12-10-18(31-20)14-30-21-13-17(26(28)29)9-11-19(21)23/h5-13H,3-4,14H2,1-2H3,(H,24,27). The first-order chi connectivity index (χ1) is 14.9. The van der Waals surface area contributed by atoms with E-state index in [0.717, 1.165) is 18.8 Å². The van der Waals surface area contributed by atoms with E-state index in [9.17, 15) is 14.9 Å². The summed E-state index contributed by atoms with van der Waals surface area (Å²) < 4.78 is 11.0. The van der Waals surface area contributed by atoms with Crippen LogP contribution in [0, 0.1) is 10.1 Å². The van der Waals surface area contributed by atoms with Crippen molar-refractivity contribution in [2.75, 3.05) is 23.3 Å². The fraction of sp³-hybridized carbons (Fsp3) is 0.227. The quantitative estimate of drug-likeness (QED) is 0.345. The third-order valence-electron chi connectivity index (χ3n) is 4.63. The summed E-state index contributed by atoms with van der Waals surface area (Å²) in [5.74, 6) is 0.267. The van der Waals surface area contributed by atoms with Gasteiger partial charge in [0.15, 0.2) is 5.76 Å². The second-order valence-electron chi connectivity index (χ2n) is 6.60. The minimum absolute atomic E-state index is 0.0350. The zero-order valence-corrected chi connectivity index (χ0v) is 17.9. The highest BCUT2D eigenvalue weighted by atomic mass is 35.5. The van der Waals surface area contributed by atoms with Crippen LogP contribution in [0.1, 0.15) is 30.2 Å². The number of amides is 1. The SMILES string of the molecule is CCN(CC)c1ccc(NC(=O)c2ccc(COc3cc([N+](=O)[O-])ccc3Cl)o2)cc1. The number of nitro benzene ring substituents is 1. The third kappa shape index (κ3) is 5.55. The van der Waals surface area contributed by atoms with Crippen LogP contribution in [0.5, 0.6) is 5.75 Å². The molecule has 0 spiro atoms. The maximum atomic E-state index is 12.5. The number of halogens is 1. The van der Waals surface area contributed by atoms with E-state index in [1.807, 2.05) is 24.3 Å². The van der Waals surface area contributed by atoms with Crippen LogP contribution in [0.15, 0.2) is 59.0 Å². The Balaban J connectivity index is 1.61. The van der Waals surface area contributed by atoms with Gasteiger partial charge in [0, 0.05) is 30.5 Å². The molecule has 9 heteroatoms. The average Bonchev–Trinajstić information content (AvgIpc) is 3.24. The summed E-state index contributed by atoms with van der Waals surface area (Å²) in [5.41, 5.74) is 1.60. The molecule has 0 bridgehead atoms. The fourth-order valence-electron chi connectivity index (χ4n) is 2.98. The molecule has 1 aromatic heterocycles. The van der Waals surface area contributed by atoms with Crippen molar-refractivity contribution in [3.05, 3.63) is 81.3 Å². The molecule has 1 amide bonds. The molecule has 0 saturated carbocycles. The zero-order chi connectivity index (χ0) is 22.4. The number of ether oxygens (including phenoxy) is 1. The van der Waals surface area contributed by atoms with E-state index in [1.165, 1.54) is 24.3 Å². The van der Waals surface area contributed by atoms with Crippen molar-refractivity contribution in [1.29, 1.82) is 0 Å². The van der Waals surface area contributed by atoms with Gasteiger partial charge in [-0.25, -0.2) is 0 Å². The van der Waals surface area contributed by atoms with Gasteiger partial charge < -0.3 is 19.4 Å². The summed E-state index contributed by atoms with van der Waals surface area (Å²) in [5, 5.41) is 13.9. The van der Waals surface area contributed by atoms with Crippen LogP contribution in [-0.2, 0) is 6.61 Å². The van der Waals surface area contributed by atoms with Crippen LogP contribution in [0.4, 0.5) is 17.1 Å². The van der Waals surface area contributed by atoms with Gasteiger partial charge in [0.1, 0.15) is 18.1 Å². The Kier molecular flexibility index (Phi) is 7.15. The van der Waals surface area contributed by atoms with E-state index in [0.29, 0.717) is 11.4 Å². The smallest absolute Gasteiger partial charge is 0.291 e. The van der Waals surface area contributed by atoms with Crippen molar-refractivity contribution in [3.8, 4) is 5.75 Å². The van der Waals surface area contributed by atoms with Crippen LogP contribution >= 0.6 is 11.6 Å². The lowest BCUT2D eigenvalue weighted by molar-refractivity contribution is -0.384. The number of carbonyl (C=O) groups is 1. The first-order valence-electron chi connectivity index (χ1n) is 9.73. The second-order valence-corrected chi connectivity index (χ2v) is 7.01. The Hall–Kier alpha value is -3.52. The molecule has 1 N–H and O–H groups in total. The first kappa shape index (κ1) is 22.2. The molecule has 31 heavy (non-hydrogen) atoms. The Morgan fingerprint density at radius 2 is 1.84 bits per heavy atom. The van der Waals surface area contributed by atoms with Crippen molar-refractivity contribution < 1.29 is 18.9 Å². The Bertz CT molecular complexity index is 1060. The molecule has 2 aromatic carbocycles. The number of rotatable bonds is 9. The maximum Gasteiger partial charge on any atom is 0.291 e. The molecule has 3 aromatic rings. The Morgan fingerprint density at radius 3 is 2.48 bits per heavy atom. The van der Waals surface area contributed by atoms with Gasteiger partial charge in [-0.05, 0) is 56.3 Å². The minimum Gasteiger partial charge on any atom is -0.484 e. The van der Waals surface area contributed by atoms with E-state index >= 15 is 0 Å². The van der Waals surface area contributed by atoms with Crippen molar-refractivity contribution in [1.82, 2.24) is 0 Å². The van der Waals surface area contributed by atoms with Gasteiger partial charge in [-0.3, -0.25) is 14.9 Å². The Labute approximate surface area is 184 Å². The number of benzene rings is 2. The monoisotopic (exact) mass is 443 g/mol. The fourth-order valence-corrected chi connectivity index (χ4v) is 3.15.